The van der Waals surface area contributed by atoms with Gasteiger partial charge < -0.3 is 30.3 Å². The highest BCUT2D eigenvalue weighted by Gasteiger charge is 2.54. The number of aromatic nitrogens is 1. The fourth-order valence-corrected chi connectivity index (χ4v) is 3.32. The smallest absolute Gasteiger partial charge is 0.457 e. The summed E-state index contributed by atoms with van der Waals surface area (Å²) in [7, 11) is 3.12. The molecule has 4 amide bonds. The molecule has 1 aliphatic heterocycles. The second-order valence-corrected chi connectivity index (χ2v) is 8.45. The molecule has 11 nitrogen and oxygen atoms in total. The summed E-state index contributed by atoms with van der Waals surface area (Å²) < 4.78 is 67.4. The van der Waals surface area contributed by atoms with E-state index < -0.39 is 35.7 Å². The number of fused-ring (bicyclic) bond motifs is 1. The van der Waals surface area contributed by atoms with Crippen molar-refractivity contribution in [3.05, 3.63) is 72.1 Å². The van der Waals surface area contributed by atoms with Crippen LogP contribution in [0.25, 0.3) is 0 Å². The maximum absolute atomic E-state index is 13.9. The Morgan fingerprint density at radius 3 is 2.30 bits per heavy atom. The highest BCUT2D eigenvalue weighted by Crippen LogP contribution is 2.46. The summed E-state index contributed by atoms with van der Waals surface area (Å²) in [5.41, 5.74) is -0.765. The minimum Gasteiger partial charge on any atom is -0.457 e. The first kappa shape index (κ1) is 28.1. The molecule has 0 unspecified atom stereocenters. The van der Waals surface area contributed by atoms with Gasteiger partial charge in [0.15, 0.2) is 0 Å². The highest BCUT2D eigenvalue weighted by molar-refractivity contribution is 6.00. The van der Waals surface area contributed by atoms with Gasteiger partial charge in [-0.25, -0.2) is 9.53 Å². The van der Waals surface area contributed by atoms with E-state index in [1.165, 1.54) is 47.5 Å². The van der Waals surface area contributed by atoms with Gasteiger partial charge in [-0.05, 0) is 48.5 Å². The van der Waals surface area contributed by atoms with E-state index in [-0.39, 0.29) is 29.6 Å². The maximum Gasteiger partial charge on any atom is 0.540 e. The van der Waals surface area contributed by atoms with Crippen LogP contribution in [0.1, 0.15) is 16.1 Å². The minimum absolute atomic E-state index is 0.0331. The molecule has 0 bridgehead atoms. The van der Waals surface area contributed by atoms with Crippen molar-refractivity contribution in [2.24, 2.45) is 0 Å². The van der Waals surface area contributed by atoms with Gasteiger partial charge in [0.2, 0.25) is 5.91 Å². The summed E-state index contributed by atoms with van der Waals surface area (Å²) in [6.07, 6.45) is -7.48. The molecule has 15 heteroatoms. The van der Waals surface area contributed by atoms with Crippen LogP contribution in [-0.4, -0.2) is 54.7 Å². The first-order chi connectivity index (χ1) is 18.8. The summed E-state index contributed by atoms with van der Waals surface area (Å²) in [4.78, 5) is 41.5. The highest BCUT2D eigenvalue weighted by atomic mass is 19.3. The quantitative estimate of drug-likeness (QED) is 0.365. The molecule has 2 aromatic carbocycles. The van der Waals surface area contributed by atoms with Gasteiger partial charge in [-0.1, -0.05) is 0 Å². The van der Waals surface area contributed by atoms with E-state index in [1.807, 2.05) is 0 Å². The van der Waals surface area contributed by atoms with Crippen molar-refractivity contribution >= 4 is 29.2 Å². The van der Waals surface area contributed by atoms with Gasteiger partial charge in [-0.3, -0.25) is 14.6 Å². The second kappa shape index (κ2) is 11.1. The molecule has 40 heavy (non-hydrogen) atoms. The number of likely N-dealkylation sites (N-methyl/N-ethyl adjacent to an activating group) is 1. The van der Waals surface area contributed by atoms with Crippen molar-refractivity contribution in [2.45, 2.75) is 12.4 Å². The molecule has 210 valence electrons. The van der Waals surface area contributed by atoms with Crippen molar-refractivity contribution in [1.82, 2.24) is 15.2 Å². The number of nitrogens with zero attached hydrogens (tertiary/aromatic N) is 2. The van der Waals surface area contributed by atoms with Gasteiger partial charge in [-0.2, -0.15) is 8.78 Å². The third-order valence-electron chi connectivity index (χ3n) is 5.24. The molecule has 0 saturated carbocycles. The zero-order chi connectivity index (χ0) is 29.1. The molecule has 0 fully saturated rings. The van der Waals surface area contributed by atoms with Crippen molar-refractivity contribution in [3.63, 3.8) is 0 Å². The Morgan fingerprint density at radius 1 is 0.925 bits per heavy atom. The number of anilines is 2. The number of pyridine rings is 1. The van der Waals surface area contributed by atoms with Crippen LogP contribution in [0.5, 0.6) is 17.2 Å². The first-order valence-corrected chi connectivity index (χ1v) is 11.4. The number of halogens is 4. The number of hydrogen-bond donors (Lipinski definition) is 3. The number of amides is 4. The lowest BCUT2D eigenvalue weighted by Crippen LogP contribution is -2.41. The zero-order valence-corrected chi connectivity index (χ0v) is 20.8. The number of benzene rings is 2. The summed E-state index contributed by atoms with van der Waals surface area (Å²) >= 11 is 0. The van der Waals surface area contributed by atoms with Crippen LogP contribution in [0.3, 0.4) is 0 Å². The van der Waals surface area contributed by atoms with Crippen LogP contribution in [0.15, 0.2) is 60.8 Å². The Morgan fingerprint density at radius 2 is 1.60 bits per heavy atom. The van der Waals surface area contributed by atoms with E-state index in [2.05, 4.69) is 30.4 Å². The number of ether oxygens (including phenoxy) is 3. The molecule has 0 atom stereocenters. The molecular weight excluding hydrogens is 542 g/mol. The summed E-state index contributed by atoms with van der Waals surface area (Å²) in [6.45, 7) is -0.193. The lowest BCUT2D eigenvalue weighted by atomic mass is 10.1. The average molecular weight is 563 g/mol. The summed E-state index contributed by atoms with van der Waals surface area (Å²) in [6, 6.07) is 10.8. The largest absolute Gasteiger partial charge is 0.540 e. The van der Waals surface area contributed by atoms with E-state index in [9.17, 15) is 31.9 Å². The van der Waals surface area contributed by atoms with E-state index in [1.54, 1.807) is 14.1 Å². The Labute approximate surface area is 224 Å². The molecule has 1 aromatic heterocycles. The van der Waals surface area contributed by atoms with Crippen LogP contribution in [0.2, 0.25) is 0 Å². The predicted octanol–water partition coefficient (Wildman–Crippen LogP) is 4.34. The number of carbonyl (C=O) groups excluding carboxylic acids is 3. The number of hydrogen-bond acceptors (Lipinski definition) is 7. The predicted molar refractivity (Wildman–Crippen MR) is 131 cm³/mol. The molecule has 0 saturated heterocycles. The van der Waals surface area contributed by atoms with E-state index in [4.69, 9.17) is 4.74 Å². The lowest BCUT2D eigenvalue weighted by Gasteiger charge is -2.30. The minimum atomic E-state index is -4.50. The fraction of sp³-hybridized carbons (Fsp3) is 0.200. The van der Waals surface area contributed by atoms with Gasteiger partial charge in [0.1, 0.15) is 22.9 Å². The van der Waals surface area contributed by atoms with E-state index in [0.717, 1.165) is 18.2 Å². The third kappa shape index (κ3) is 6.93. The van der Waals surface area contributed by atoms with Crippen LogP contribution < -0.4 is 25.4 Å². The van der Waals surface area contributed by atoms with Gasteiger partial charge in [0, 0.05) is 37.7 Å². The molecule has 0 radical (unpaired) electrons. The number of nitrogens with one attached hydrogen (secondary N) is 3. The number of rotatable bonds is 7. The summed E-state index contributed by atoms with van der Waals surface area (Å²) in [5.74, 6) is -1.01. The molecule has 1 aliphatic rings. The Kier molecular flexibility index (Phi) is 7.77. The monoisotopic (exact) mass is 563 g/mol. The first-order valence-electron chi connectivity index (χ1n) is 11.4. The average Bonchev–Trinajstić information content (AvgIpc) is 2.87. The van der Waals surface area contributed by atoms with Crippen LogP contribution in [0, 0.1) is 0 Å². The number of carbonyl (C=O) groups is 3. The molecular formula is C25H21F4N5O6. The molecule has 0 aliphatic carbocycles. The van der Waals surface area contributed by atoms with Gasteiger partial charge in [0.05, 0.1) is 12.1 Å². The maximum atomic E-state index is 13.9. The second-order valence-electron chi connectivity index (χ2n) is 8.45. The topological polar surface area (TPSA) is 131 Å². The molecule has 3 N–H and O–H groups in total. The number of alkyl halides is 4. The van der Waals surface area contributed by atoms with Crippen molar-refractivity contribution in [1.29, 1.82) is 0 Å². The van der Waals surface area contributed by atoms with Crippen molar-refractivity contribution < 1.29 is 46.2 Å². The standard InChI is InChI=1S/C25H21F4N5O6/c1-34(2)21(35)13-31-22(36)19-12-17(9-10-30-19)38-16-6-3-14(4-7-16)32-23(37)33-15-5-8-20-18(11-15)24(26,27)40-25(28,29)39-20/h3-12H,13H2,1-2H3,(H,31,36)(H2,32,33,37). The van der Waals surface area contributed by atoms with Crippen LogP contribution >= 0.6 is 0 Å². The zero-order valence-electron chi connectivity index (χ0n) is 20.8. The van der Waals surface area contributed by atoms with Gasteiger partial charge in [-0.15, -0.1) is 8.78 Å². The van der Waals surface area contributed by atoms with Gasteiger partial charge in [0.25, 0.3) is 5.91 Å². The van der Waals surface area contributed by atoms with Crippen molar-refractivity contribution in [3.8, 4) is 17.2 Å². The fourth-order valence-electron chi connectivity index (χ4n) is 3.32. The molecule has 4 rings (SSSR count). The lowest BCUT2D eigenvalue weighted by molar-refractivity contribution is -0.461. The molecule has 2 heterocycles. The third-order valence-corrected chi connectivity index (χ3v) is 5.24. The SMILES string of the molecule is CN(C)C(=O)CNC(=O)c1cc(Oc2ccc(NC(=O)Nc3ccc4c(c3)C(F)(F)OC(F)(F)O4)cc2)ccn1. The van der Waals surface area contributed by atoms with Crippen LogP contribution in [0.4, 0.5) is 33.7 Å². The van der Waals surface area contributed by atoms with Crippen molar-refractivity contribution in [2.75, 3.05) is 31.3 Å². The number of urea groups is 1. The Bertz CT molecular complexity index is 1440. The van der Waals surface area contributed by atoms with Gasteiger partial charge >= 0.3 is 18.4 Å². The molecule has 0 spiro atoms. The normalized spacial score (nSPS) is 14.7. The summed E-state index contributed by atoms with van der Waals surface area (Å²) in [5, 5.41) is 7.26. The Balaban J connectivity index is 1.34. The van der Waals surface area contributed by atoms with E-state index in [0.29, 0.717) is 11.4 Å². The van der Waals surface area contributed by atoms with E-state index >= 15 is 0 Å². The Hall–Kier alpha value is -4.92. The molecule has 3 aromatic rings. The van der Waals surface area contributed by atoms with Crippen LogP contribution in [-0.2, 0) is 15.6 Å².